The monoisotopic (exact) mass is 546 g/mol. The highest BCUT2D eigenvalue weighted by molar-refractivity contribution is 6.45. The Balaban J connectivity index is 2.06. The van der Waals surface area contributed by atoms with Crippen LogP contribution in [-0.4, -0.2) is 11.1 Å². The van der Waals surface area contributed by atoms with E-state index < -0.39 is 5.97 Å². The van der Waals surface area contributed by atoms with Gasteiger partial charge in [-0.2, -0.15) is 0 Å². The summed E-state index contributed by atoms with van der Waals surface area (Å²) in [6.45, 7) is 0. The number of halogens is 6. The Bertz CT molecular complexity index is 1250. The lowest BCUT2D eigenvalue weighted by molar-refractivity contribution is -0.136. The van der Waals surface area contributed by atoms with Crippen molar-refractivity contribution in [2.24, 2.45) is 0 Å². The standard InChI is InChI=1S/C24H16Cl6O2/c25-16-8-6-14-20-22(28)11(3-1-2-4-13(16)23(14)29)9-15(24(20)30)19-17(26)7-5-12(21(19)27)10-18(31)32/h5-9H,1-4,10H2,(H,31,32). The topological polar surface area (TPSA) is 37.3 Å². The van der Waals surface area contributed by atoms with Gasteiger partial charge >= 0.3 is 5.97 Å². The van der Waals surface area contributed by atoms with Gasteiger partial charge in [-0.15, -0.1) is 0 Å². The molecule has 0 unspecified atom stereocenters. The molecular weight excluding hydrogens is 533 g/mol. The van der Waals surface area contributed by atoms with Gasteiger partial charge in [0.25, 0.3) is 0 Å². The zero-order chi connectivity index (χ0) is 23.2. The molecule has 0 atom stereocenters. The van der Waals surface area contributed by atoms with E-state index in [1.54, 1.807) is 24.3 Å². The summed E-state index contributed by atoms with van der Waals surface area (Å²) < 4.78 is 0. The van der Waals surface area contributed by atoms with Crippen LogP contribution in [0.25, 0.3) is 22.3 Å². The molecule has 0 aromatic heterocycles. The molecule has 1 aliphatic rings. The number of hydrogen-bond acceptors (Lipinski definition) is 1. The maximum Gasteiger partial charge on any atom is 0.307 e. The van der Waals surface area contributed by atoms with Gasteiger partial charge in [-0.05, 0) is 60.6 Å². The molecule has 166 valence electrons. The summed E-state index contributed by atoms with van der Waals surface area (Å²) in [4.78, 5) is 11.3. The Hall–Kier alpha value is -1.13. The van der Waals surface area contributed by atoms with Crippen molar-refractivity contribution in [2.45, 2.75) is 32.1 Å². The quantitative estimate of drug-likeness (QED) is 0.354. The van der Waals surface area contributed by atoms with Crippen molar-refractivity contribution < 1.29 is 9.90 Å². The van der Waals surface area contributed by atoms with Gasteiger partial charge in [-0.25, -0.2) is 0 Å². The van der Waals surface area contributed by atoms with Crippen LogP contribution in [0, 0.1) is 0 Å². The molecule has 4 bridgehead atoms. The van der Waals surface area contributed by atoms with Gasteiger partial charge in [0.2, 0.25) is 0 Å². The molecule has 4 rings (SSSR count). The summed E-state index contributed by atoms with van der Waals surface area (Å²) in [6, 6.07) is 8.72. The van der Waals surface area contributed by atoms with Crippen molar-refractivity contribution >= 4 is 75.6 Å². The molecule has 8 heteroatoms. The molecule has 3 aromatic carbocycles. The Morgan fingerprint density at radius 3 is 2.16 bits per heavy atom. The van der Waals surface area contributed by atoms with E-state index in [0.29, 0.717) is 52.9 Å². The lowest BCUT2D eigenvalue weighted by Crippen LogP contribution is -2.03. The Morgan fingerprint density at radius 1 is 0.750 bits per heavy atom. The molecule has 0 spiro atoms. The maximum atomic E-state index is 11.3. The third-order valence-electron chi connectivity index (χ3n) is 5.64. The fraction of sp³-hybridized carbons (Fsp3) is 0.208. The second kappa shape index (κ2) is 9.62. The predicted molar refractivity (Wildman–Crippen MR) is 135 cm³/mol. The average molecular weight is 549 g/mol. The lowest BCUT2D eigenvalue weighted by Gasteiger charge is -2.22. The molecule has 0 fully saturated rings. The van der Waals surface area contributed by atoms with Crippen LogP contribution in [0.5, 0.6) is 0 Å². The number of rotatable bonds is 3. The number of fused-ring (bicyclic) bond motifs is 5. The summed E-state index contributed by atoms with van der Waals surface area (Å²) >= 11 is 40.1. The van der Waals surface area contributed by atoms with E-state index in [1.165, 1.54) is 0 Å². The first-order valence-corrected chi connectivity index (χ1v) is 12.1. The minimum atomic E-state index is -0.994. The van der Waals surface area contributed by atoms with Crippen molar-refractivity contribution in [2.75, 3.05) is 0 Å². The minimum absolute atomic E-state index is 0.236. The SMILES string of the molecule is O=C(O)Cc1ccc(Cl)c(-c2cc3c(Cl)c(c2Cl)-c2ccc(Cl)c(c2Cl)CCCC3)c1Cl. The van der Waals surface area contributed by atoms with E-state index in [1.807, 2.05) is 6.07 Å². The molecule has 0 amide bonds. The highest BCUT2D eigenvalue weighted by Gasteiger charge is 2.25. The second-order valence-corrected chi connectivity index (χ2v) is 9.97. The Labute approximate surface area is 216 Å². The number of carboxylic acids is 1. The largest absolute Gasteiger partial charge is 0.481 e. The zero-order valence-electron chi connectivity index (χ0n) is 16.5. The van der Waals surface area contributed by atoms with Crippen LogP contribution < -0.4 is 0 Å². The van der Waals surface area contributed by atoms with E-state index >= 15 is 0 Å². The molecule has 0 saturated heterocycles. The molecule has 0 aliphatic heterocycles. The zero-order valence-corrected chi connectivity index (χ0v) is 21.1. The van der Waals surface area contributed by atoms with Crippen molar-refractivity contribution in [1.82, 2.24) is 0 Å². The number of carbonyl (C=O) groups is 1. The van der Waals surface area contributed by atoms with E-state index in [4.69, 9.17) is 69.6 Å². The van der Waals surface area contributed by atoms with Gasteiger partial charge in [0.05, 0.1) is 26.5 Å². The lowest BCUT2D eigenvalue weighted by atomic mass is 9.90. The van der Waals surface area contributed by atoms with Gasteiger partial charge in [0.1, 0.15) is 0 Å². The second-order valence-electron chi connectivity index (χ2n) is 7.65. The van der Waals surface area contributed by atoms with Crippen LogP contribution in [-0.2, 0) is 24.1 Å². The fourth-order valence-corrected chi connectivity index (χ4v) is 6.11. The summed E-state index contributed by atoms with van der Waals surface area (Å²) in [7, 11) is 0. The van der Waals surface area contributed by atoms with E-state index in [0.717, 1.165) is 36.8 Å². The smallest absolute Gasteiger partial charge is 0.307 e. The van der Waals surface area contributed by atoms with E-state index in [9.17, 15) is 9.90 Å². The Morgan fingerprint density at radius 2 is 1.44 bits per heavy atom. The van der Waals surface area contributed by atoms with Gasteiger partial charge in [0.15, 0.2) is 0 Å². The molecule has 2 nitrogen and oxygen atoms in total. The number of benzene rings is 3. The molecule has 1 aliphatic carbocycles. The molecule has 0 heterocycles. The number of aryl methyl sites for hydroxylation is 1. The van der Waals surface area contributed by atoms with Crippen LogP contribution in [0.2, 0.25) is 30.1 Å². The van der Waals surface area contributed by atoms with E-state index in [-0.39, 0.29) is 11.4 Å². The third-order valence-corrected chi connectivity index (χ3v) is 7.99. The summed E-state index contributed by atoms with van der Waals surface area (Å²) in [5, 5.41) is 11.8. The van der Waals surface area contributed by atoms with Crippen LogP contribution >= 0.6 is 69.6 Å². The van der Waals surface area contributed by atoms with Crippen molar-refractivity contribution in [1.29, 1.82) is 0 Å². The Kier molecular flexibility index (Phi) is 7.22. The normalized spacial score (nSPS) is 13.2. The highest BCUT2D eigenvalue weighted by atomic mass is 35.5. The van der Waals surface area contributed by atoms with Gasteiger partial charge < -0.3 is 5.11 Å². The van der Waals surface area contributed by atoms with Gasteiger partial charge in [0, 0.05) is 32.3 Å². The van der Waals surface area contributed by atoms with Crippen LogP contribution in [0.4, 0.5) is 0 Å². The molecule has 1 N–H and O–H groups in total. The molecule has 3 aromatic rings. The van der Waals surface area contributed by atoms with Gasteiger partial charge in [-0.3, -0.25) is 4.79 Å². The van der Waals surface area contributed by atoms with Crippen molar-refractivity contribution in [3.05, 3.63) is 77.2 Å². The van der Waals surface area contributed by atoms with Crippen molar-refractivity contribution in [3.8, 4) is 22.3 Å². The summed E-state index contributed by atoms with van der Waals surface area (Å²) in [5.41, 5.74) is 4.52. The van der Waals surface area contributed by atoms with Crippen LogP contribution in [0.3, 0.4) is 0 Å². The molecule has 0 radical (unpaired) electrons. The van der Waals surface area contributed by atoms with Crippen LogP contribution in [0.15, 0.2) is 30.3 Å². The number of carboxylic acid groups (broad SMARTS) is 1. The average Bonchev–Trinajstić information content (AvgIpc) is 2.72. The number of hydrogen-bond donors (Lipinski definition) is 1. The third kappa shape index (κ3) is 4.34. The first kappa shape index (κ1) is 24.0. The fourth-order valence-electron chi connectivity index (χ4n) is 4.07. The summed E-state index contributed by atoms with van der Waals surface area (Å²) in [6.07, 6.45) is 3.01. The van der Waals surface area contributed by atoms with E-state index in [2.05, 4.69) is 0 Å². The minimum Gasteiger partial charge on any atom is -0.481 e. The summed E-state index contributed by atoms with van der Waals surface area (Å²) in [5.74, 6) is -0.994. The molecular formula is C24H16Cl6O2. The molecule has 32 heavy (non-hydrogen) atoms. The highest BCUT2D eigenvalue weighted by Crippen LogP contribution is 2.50. The number of aliphatic carboxylic acids is 1. The predicted octanol–water partition coefficient (Wildman–Crippen LogP) is 9.45. The first-order chi connectivity index (χ1) is 15.2. The first-order valence-electron chi connectivity index (χ1n) is 9.87. The van der Waals surface area contributed by atoms with Crippen molar-refractivity contribution in [3.63, 3.8) is 0 Å². The van der Waals surface area contributed by atoms with Crippen LogP contribution in [0.1, 0.15) is 29.5 Å². The molecule has 0 saturated carbocycles. The maximum absolute atomic E-state index is 11.3. The van der Waals surface area contributed by atoms with Gasteiger partial charge in [-0.1, -0.05) is 81.7 Å².